The topological polar surface area (TPSA) is 80.6 Å². The minimum Gasteiger partial charge on any atom is -0.494 e. The van der Waals surface area contributed by atoms with Crippen LogP contribution in [0.25, 0.3) is 10.9 Å². The Kier molecular flexibility index (Phi) is 8.62. The van der Waals surface area contributed by atoms with Crippen molar-refractivity contribution >= 4 is 16.9 Å². The number of pyridine rings is 1. The smallest absolute Gasteiger partial charge is 0.341 e. The fourth-order valence-corrected chi connectivity index (χ4v) is 4.34. The second-order valence-electron chi connectivity index (χ2n) is 8.37. The number of ether oxygens (including phenoxy) is 1. The Morgan fingerprint density at radius 2 is 2.03 bits per heavy atom. The van der Waals surface area contributed by atoms with E-state index >= 15 is 0 Å². The van der Waals surface area contributed by atoms with E-state index in [1.165, 1.54) is 45.5 Å². The van der Waals surface area contributed by atoms with E-state index in [0.717, 1.165) is 18.0 Å². The van der Waals surface area contributed by atoms with Gasteiger partial charge in [0.2, 0.25) is 5.43 Å². The van der Waals surface area contributed by atoms with E-state index in [-0.39, 0.29) is 28.3 Å². The first-order valence-electron chi connectivity index (χ1n) is 11.1. The molecule has 2 unspecified atom stereocenters. The molecule has 0 amide bonds. The summed E-state index contributed by atoms with van der Waals surface area (Å²) in [6.07, 6.45) is 6.76. The molecule has 1 saturated heterocycles. The molecule has 31 heavy (non-hydrogen) atoms. The van der Waals surface area contributed by atoms with Gasteiger partial charge in [-0.25, -0.2) is 9.18 Å². The molecule has 6 nitrogen and oxygen atoms in total. The molecule has 0 spiro atoms. The number of piperidine rings is 1. The summed E-state index contributed by atoms with van der Waals surface area (Å²) >= 11 is 0. The molecule has 1 aliphatic heterocycles. The zero-order valence-electron chi connectivity index (χ0n) is 19.4. The average Bonchev–Trinajstić information content (AvgIpc) is 2.75. The number of carboxylic acids is 1. The number of rotatable bonds is 5. The van der Waals surface area contributed by atoms with Crippen molar-refractivity contribution < 1.29 is 19.0 Å². The molecular formula is C24H35FN2O4. The number of nitrogens with one attached hydrogen (secondary N) is 1. The van der Waals surface area contributed by atoms with Gasteiger partial charge in [0.15, 0.2) is 0 Å². The van der Waals surface area contributed by atoms with Crippen LogP contribution in [0, 0.1) is 18.7 Å². The van der Waals surface area contributed by atoms with Crippen molar-refractivity contribution in [3.8, 4) is 5.75 Å². The lowest BCUT2D eigenvalue weighted by atomic mass is 9.87. The second-order valence-corrected chi connectivity index (χ2v) is 8.37. The number of aromatic nitrogens is 1. The van der Waals surface area contributed by atoms with Crippen LogP contribution in [0.3, 0.4) is 0 Å². The van der Waals surface area contributed by atoms with Gasteiger partial charge in [-0.3, -0.25) is 4.79 Å². The molecule has 1 fully saturated rings. The van der Waals surface area contributed by atoms with Crippen LogP contribution in [0.15, 0.2) is 17.1 Å². The van der Waals surface area contributed by atoms with Gasteiger partial charge in [0, 0.05) is 23.8 Å². The maximum atomic E-state index is 14.0. The van der Waals surface area contributed by atoms with Crippen molar-refractivity contribution in [2.24, 2.45) is 5.92 Å². The number of hydrogen-bond donors (Lipinski definition) is 2. The zero-order valence-corrected chi connectivity index (χ0v) is 19.4. The van der Waals surface area contributed by atoms with Crippen LogP contribution in [0.2, 0.25) is 0 Å². The summed E-state index contributed by atoms with van der Waals surface area (Å²) in [6.45, 7) is 11.1. The standard InChI is InChI=1S/C15H16FNO4.C9H19N/c1-7(2)17-6-10(15(19)20)13(18)9-5-11(16)8(3)14(21-4)12(9)17;1-3-8-6-5-7-10-9(8)4-2/h5-7H,1-4H3,(H,19,20);8-10H,3-7H2,1-2H3. The van der Waals surface area contributed by atoms with Gasteiger partial charge in [-0.05, 0) is 58.6 Å². The molecule has 7 heteroatoms. The van der Waals surface area contributed by atoms with Crippen molar-refractivity contribution in [3.63, 3.8) is 0 Å². The van der Waals surface area contributed by atoms with Crippen LogP contribution in [-0.4, -0.2) is 35.3 Å². The number of fused-ring (bicyclic) bond motifs is 1. The Hall–Kier alpha value is -2.41. The van der Waals surface area contributed by atoms with Gasteiger partial charge in [0.25, 0.3) is 0 Å². The van der Waals surface area contributed by atoms with Gasteiger partial charge in [-0.1, -0.05) is 20.3 Å². The quantitative estimate of drug-likeness (QED) is 0.699. The van der Waals surface area contributed by atoms with E-state index in [0.29, 0.717) is 5.52 Å². The lowest BCUT2D eigenvalue weighted by molar-refractivity contribution is 0.0694. The van der Waals surface area contributed by atoms with E-state index in [9.17, 15) is 14.0 Å². The number of aromatic carboxylic acids is 1. The molecule has 1 aromatic carbocycles. The number of halogens is 1. The van der Waals surface area contributed by atoms with Gasteiger partial charge >= 0.3 is 5.97 Å². The molecule has 2 heterocycles. The molecule has 0 bridgehead atoms. The normalized spacial score (nSPS) is 18.6. The fraction of sp³-hybridized carbons (Fsp3) is 0.583. The Labute approximate surface area is 183 Å². The van der Waals surface area contributed by atoms with Crippen molar-refractivity contribution in [1.29, 1.82) is 0 Å². The van der Waals surface area contributed by atoms with Gasteiger partial charge in [0.1, 0.15) is 17.1 Å². The maximum Gasteiger partial charge on any atom is 0.341 e. The first-order valence-corrected chi connectivity index (χ1v) is 11.1. The van der Waals surface area contributed by atoms with Crippen molar-refractivity contribution in [2.45, 2.75) is 72.4 Å². The van der Waals surface area contributed by atoms with E-state index in [2.05, 4.69) is 19.2 Å². The minimum atomic E-state index is -1.34. The highest BCUT2D eigenvalue weighted by Crippen LogP contribution is 2.32. The number of carbonyl (C=O) groups is 1. The number of benzene rings is 1. The number of carboxylic acid groups (broad SMARTS) is 1. The Morgan fingerprint density at radius 3 is 2.52 bits per heavy atom. The monoisotopic (exact) mass is 434 g/mol. The van der Waals surface area contributed by atoms with E-state index in [4.69, 9.17) is 9.84 Å². The zero-order chi connectivity index (χ0) is 23.3. The first kappa shape index (κ1) is 24.9. The summed E-state index contributed by atoms with van der Waals surface area (Å²) < 4.78 is 20.8. The molecule has 0 saturated carbocycles. The second kappa shape index (κ2) is 10.8. The third-order valence-corrected chi connectivity index (χ3v) is 6.14. The van der Waals surface area contributed by atoms with E-state index in [1.54, 1.807) is 11.5 Å². The van der Waals surface area contributed by atoms with Crippen LogP contribution >= 0.6 is 0 Å². The lowest BCUT2D eigenvalue weighted by Gasteiger charge is -2.31. The third kappa shape index (κ3) is 5.26. The predicted molar refractivity (Wildman–Crippen MR) is 122 cm³/mol. The molecular weight excluding hydrogens is 399 g/mol. The van der Waals surface area contributed by atoms with Crippen molar-refractivity contribution in [2.75, 3.05) is 13.7 Å². The highest BCUT2D eigenvalue weighted by molar-refractivity contribution is 5.95. The highest BCUT2D eigenvalue weighted by Gasteiger charge is 2.22. The van der Waals surface area contributed by atoms with Gasteiger partial charge in [0.05, 0.1) is 18.0 Å². The van der Waals surface area contributed by atoms with E-state index < -0.39 is 17.2 Å². The largest absolute Gasteiger partial charge is 0.494 e. The van der Waals surface area contributed by atoms with Crippen LogP contribution in [-0.2, 0) is 0 Å². The van der Waals surface area contributed by atoms with Crippen molar-refractivity contribution in [3.05, 3.63) is 39.4 Å². The number of nitrogens with zero attached hydrogens (tertiary/aromatic N) is 1. The molecule has 2 atom stereocenters. The molecule has 0 radical (unpaired) electrons. The van der Waals surface area contributed by atoms with Crippen molar-refractivity contribution in [1.82, 2.24) is 9.88 Å². The fourth-order valence-electron chi connectivity index (χ4n) is 4.34. The average molecular weight is 435 g/mol. The summed E-state index contributed by atoms with van der Waals surface area (Å²) in [7, 11) is 1.39. The molecule has 1 aliphatic rings. The Morgan fingerprint density at radius 1 is 1.35 bits per heavy atom. The highest BCUT2D eigenvalue weighted by atomic mass is 19.1. The van der Waals surface area contributed by atoms with Crippen LogP contribution in [0.1, 0.15) is 75.3 Å². The van der Waals surface area contributed by atoms with Crippen LogP contribution in [0.5, 0.6) is 5.75 Å². The number of methoxy groups -OCH3 is 1. The molecule has 172 valence electrons. The summed E-state index contributed by atoms with van der Waals surface area (Å²) in [6, 6.07) is 1.77. The number of hydrogen-bond acceptors (Lipinski definition) is 4. The lowest BCUT2D eigenvalue weighted by Crippen LogP contribution is -2.40. The Bertz CT molecular complexity index is 972. The first-order chi connectivity index (χ1) is 14.7. The van der Waals surface area contributed by atoms with Gasteiger partial charge in [-0.15, -0.1) is 0 Å². The van der Waals surface area contributed by atoms with Gasteiger partial charge < -0.3 is 19.7 Å². The Balaban J connectivity index is 0.000000285. The van der Waals surface area contributed by atoms with Gasteiger partial charge in [-0.2, -0.15) is 0 Å². The van der Waals surface area contributed by atoms with Crippen LogP contribution < -0.4 is 15.5 Å². The maximum absolute atomic E-state index is 14.0. The summed E-state index contributed by atoms with van der Waals surface area (Å²) in [5.74, 6) is -0.739. The van der Waals surface area contributed by atoms with Crippen LogP contribution in [0.4, 0.5) is 4.39 Å². The molecule has 0 aliphatic carbocycles. The molecule has 1 aromatic heterocycles. The summed E-state index contributed by atoms with van der Waals surface area (Å²) in [5, 5.41) is 12.7. The predicted octanol–water partition coefficient (Wildman–Crippen LogP) is 4.91. The third-order valence-electron chi connectivity index (χ3n) is 6.14. The molecule has 3 rings (SSSR count). The SMILES string of the molecule is CCC1CCCNC1CC.COc1c(C)c(F)cc2c(=O)c(C(=O)O)cn(C(C)C)c12. The van der Waals surface area contributed by atoms with E-state index in [1.807, 2.05) is 13.8 Å². The molecule has 2 N–H and O–H groups in total. The summed E-state index contributed by atoms with van der Waals surface area (Å²) in [4.78, 5) is 23.5. The summed E-state index contributed by atoms with van der Waals surface area (Å²) in [5.41, 5.74) is -0.420. The molecule has 2 aromatic rings. The minimum absolute atomic E-state index is 0.00329.